The van der Waals surface area contributed by atoms with E-state index in [0.29, 0.717) is 34.1 Å². The maximum absolute atomic E-state index is 16.2. The van der Waals surface area contributed by atoms with Crippen LogP contribution in [0.5, 0.6) is 11.8 Å². The average molecular weight is 466 g/mol. The molecular formula is C24H24FN5O2S. The SMILES string of the molecule is COc1nc2c(c(N3CC4CCC(C3)N4)n1)SN(C)C(c1cc(O)cc3ccccc13)=C2F. The molecule has 2 fully saturated rings. The Morgan fingerprint density at radius 3 is 2.67 bits per heavy atom. The Kier molecular flexibility index (Phi) is 4.84. The van der Waals surface area contributed by atoms with Gasteiger partial charge in [0, 0.05) is 37.8 Å². The van der Waals surface area contributed by atoms with Gasteiger partial charge in [-0.15, -0.1) is 0 Å². The molecule has 2 unspecified atom stereocenters. The molecule has 9 heteroatoms. The molecule has 2 bridgehead atoms. The van der Waals surface area contributed by atoms with E-state index >= 15 is 4.39 Å². The van der Waals surface area contributed by atoms with E-state index in [1.165, 1.54) is 19.1 Å². The minimum atomic E-state index is -0.456. The van der Waals surface area contributed by atoms with Crippen molar-refractivity contribution < 1.29 is 14.2 Å². The molecule has 6 rings (SSSR count). The summed E-state index contributed by atoms with van der Waals surface area (Å²) in [4.78, 5) is 12.0. The molecule has 2 atom stereocenters. The van der Waals surface area contributed by atoms with Crippen LogP contribution in [0.1, 0.15) is 24.1 Å². The van der Waals surface area contributed by atoms with E-state index in [1.807, 2.05) is 31.3 Å². The summed E-state index contributed by atoms with van der Waals surface area (Å²) in [6.07, 6.45) is 2.28. The normalized spacial score (nSPS) is 22.2. The molecule has 3 aliphatic rings. The van der Waals surface area contributed by atoms with E-state index in [9.17, 15) is 5.11 Å². The van der Waals surface area contributed by atoms with Crippen LogP contribution in [0.25, 0.3) is 22.3 Å². The Morgan fingerprint density at radius 1 is 1.15 bits per heavy atom. The number of aromatic nitrogens is 2. The van der Waals surface area contributed by atoms with Crippen molar-refractivity contribution >= 4 is 40.1 Å². The number of rotatable bonds is 3. The van der Waals surface area contributed by atoms with Crippen LogP contribution in [0.15, 0.2) is 41.3 Å². The number of nitrogens with one attached hydrogen (secondary N) is 1. The first-order valence-corrected chi connectivity index (χ1v) is 11.8. The van der Waals surface area contributed by atoms with Crippen molar-refractivity contribution in [1.82, 2.24) is 19.6 Å². The number of fused-ring (bicyclic) bond motifs is 4. The molecule has 170 valence electrons. The lowest BCUT2D eigenvalue weighted by atomic mass is 10.00. The Morgan fingerprint density at radius 2 is 1.91 bits per heavy atom. The van der Waals surface area contributed by atoms with Crippen molar-refractivity contribution in [3.05, 3.63) is 47.7 Å². The zero-order valence-corrected chi connectivity index (χ0v) is 19.2. The first kappa shape index (κ1) is 20.6. The maximum atomic E-state index is 16.2. The maximum Gasteiger partial charge on any atom is 0.318 e. The van der Waals surface area contributed by atoms with Crippen LogP contribution >= 0.6 is 11.9 Å². The number of nitrogens with zero attached hydrogens (tertiary/aromatic N) is 4. The Bertz CT molecular complexity index is 1290. The fourth-order valence-corrected chi connectivity index (χ4v) is 6.16. The van der Waals surface area contributed by atoms with Gasteiger partial charge < -0.3 is 24.4 Å². The largest absolute Gasteiger partial charge is 0.508 e. The van der Waals surface area contributed by atoms with Crippen LogP contribution in [0.2, 0.25) is 0 Å². The number of hydrogen-bond donors (Lipinski definition) is 2. The van der Waals surface area contributed by atoms with Crippen LogP contribution in [0, 0.1) is 0 Å². The van der Waals surface area contributed by atoms with Crippen LogP contribution in [0.3, 0.4) is 0 Å². The number of methoxy groups -OCH3 is 1. The zero-order valence-electron chi connectivity index (χ0n) is 18.4. The lowest BCUT2D eigenvalue weighted by molar-refractivity contribution is 0.375. The predicted molar refractivity (Wildman–Crippen MR) is 128 cm³/mol. The minimum Gasteiger partial charge on any atom is -0.508 e. The van der Waals surface area contributed by atoms with Gasteiger partial charge in [-0.1, -0.05) is 24.3 Å². The van der Waals surface area contributed by atoms with E-state index in [-0.39, 0.29) is 17.5 Å². The van der Waals surface area contributed by atoms with Gasteiger partial charge in [0.25, 0.3) is 0 Å². The first-order valence-electron chi connectivity index (χ1n) is 11.0. The monoisotopic (exact) mass is 465 g/mol. The highest BCUT2D eigenvalue weighted by Crippen LogP contribution is 2.49. The van der Waals surface area contributed by atoms with E-state index in [2.05, 4.69) is 20.2 Å². The summed E-state index contributed by atoms with van der Waals surface area (Å²) in [7, 11) is 3.33. The molecule has 2 N–H and O–H groups in total. The van der Waals surface area contributed by atoms with Gasteiger partial charge in [-0.25, -0.2) is 4.39 Å². The second-order valence-corrected chi connectivity index (χ2v) is 9.86. The third kappa shape index (κ3) is 3.38. The van der Waals surface area contributed by atoms with Crippen LogP contribution < -0.4 is 15.0 Å². The highest BCUT2D eigenvalue weighted by molar-refractivity contribution is 7.97. The van der Waals surface area contributed by atoms with Crippen LogP contribution in [0.4, 0.5) is 10.2 Å². The van der Waals surface area contributed by atoms with E-state index in [4.69, 9.17) is 4.74 Å². The first-order chi connectivity index (χ1) is 16.0. The topological polar surface area (TPSA) is 73.8 Å². The molecule has 0 amide bonds. The van der Waals surface area contributed by atoms with Crippen molar-refractivity contribution in [3.63, 3.8) is 0 Å². The Balaban J connectivity index is 1.54. The lowest BCUT2D eigenvalue weighted by Crippen LogP contribution is -2.51. The molecule has 0 spiro atoms. The Labute approximate surface area is 195 Å². The van der Waals surface area contributed by atoms with Gasteiger partial charge in [0.2, 0.25) is 0 Å². The second-order valence-electron chi connectivity index (χ2n) is 8.72. The minimum absolute atomic E-state index is 0.0884. The molecule has 4 heterocycles. The van der Waals surface area contributed by atoms with Gasteiger partial charge in [-0.3, -0.25) is 0 Å². The molecule has 2 aromatic carbocycles. The predicted octanol–water partition coefficient (Wildman–Crippen LogP) is 4.03. The molecule has 0 radical (unpaired) electrons. The van der Waals surface area contributed by atoms with Crippen LogP contribution in [-0.4, -0.2) is 58.7 Å². The van der Waals surface area contributed by atoms with Gasteiger partial charge in [0.05, 0.1) is 12.8 Å². The second kappa shape index (κ2) is 7.78. The van der Waals surface area contributed by atoms with Crippen molar-refractivity contribution in [2.24, 2.45) is 0 Å². The van der Waals surface area contributed by atoms with Gasteiger partial charge in [0.1, 0.15) is 16.3 Å². The number of phenolic OH excluding ortho intramolecular Hbond substituents is 1. The molecule has 3 aromatic rings. The van der Waals surface area contributed by atoms with Crippen molar-refractivity contribution in [2.75, 3.05) is 32.1 Å². The molecule has 1 aromatic heterocycles. The standard InChI is InChI=1S/C24H24FN5O2S/c1-29-21(18-10-16(31)9-13-5-3-4-6-17(13)18)19(25)20-22(33-29)23(28-24(27-20)32-2)30-11-14-7-8-15(12-30)26-14/h3-6,9-10,14-15,26,31H,7-8,11-12H2,1-2H3. The number of benzene rings is 2. The summed E-state index contributed by atoms with van der Waals surface area (Å²) < 4.78 is 23.4. The van der Waals surface area contributed by atoms with Crippen LogP contribution in [-0.2, 0) is 0 Å². The molecule has 7 nitrogen and oxygen atoms in total. The summed E-state index contributed by atoms with van der Waals surface area (Å²) in [6.45, 7) is 1.64. The molecule has 0 aliphatic carbocycles. The van der Waals surface area contributed by atoms with E-state index in [1.54, 1.807) is 16.4 Å². The number of piperazine rings is 1. The Hall–Kier alpha value is -3.04. The average Bonchev–Trinajstić information content (AvgIpc) is 3.15. The number of hydrogen-bond acceptors (Lipinski definition) is 8. The summed E-state index contributed by atoms with van der Waals surface area (Å²) in [5.74, 6) is 0.342. The lowest BCUT2D eigenvalue weighted by Gasteiger charge is -2.36. The van der Waals surface area contributed by atoms with E-state index in [0.717, 1.165) is 36.7 Å². The molecule has 33 heavy (non-hydrogen) atoms. The molecular weight excluding hydrogens is 441 g/mol. The van der Waals surface area contributed by atoms with Crippen molar-refractivity contribution in [3.8, 4) is 11.8 Å². The van der Waals surface area contributed by atoms with Crippen molar-refractivity contribution in [2.45, 2.75) is 29.8 Å². The van der Waals surface area contributed by atoms with Gasteiger partial charge >= 0.3 is 6.01 Å². The highest BCUT2D eigenvalue weighted by Gasteiger charge is 2.37. The van der Waals surface area contributed by atoms with E-state index < -0.39 is 5.83 Å². The van der Waals surface area contributed by atoms with Gasteiger partial charge in [0.15, 0.2) is 11.6 Å². The fraction of sp³-hybridized carbons (Fsp3) is 0.333. The molecule has 0 saturated carbocycles. The molecule has 2 saturated heterocycles. The summed E-state index contributed by atoms with van der Waals surface area (Å²) >= 11 is 1.41. The third-order valence-electron chi connectivity index (χ3n) is 6.59. The zero-order chi connectivity index (χ0) is 22.7. The number of ether oxygens (including phenoxy) is 1. The summed E-state index contributed by atoms with van der Waals surface area (Å²) in [5.41, 5.74) is 1.21. The smallest absolute Gasteiger partial charge is 0.318 e. The summed E-state index contributed by atoms with van der Waals surface area (Å²) in [6, 6.07) is 11.9. The molecule has 3 aliphatic heterocycles. The quantitative estimate of drug-likeness (QED) is 0.562. The van der Waals surface area contributed by atoms with Gasteiger partial charge in [-0.2, -0.15) is 9.97 Å². The number of halogens is 1. The third-order valence-corrected chi connectivity index (χ3v) is 7.60. The summed E-state index contributed by atoms with van der Waals surface area (Å²) in [5, 5.41) is 15.7. The number of aromatic hydroxyl groups is 1. The fourth-order valence-electron chi connectivity index (χ4n) is 5.14. The number of anilines is 1. The number of phenols is 1. The van der Waals surface area contributed by atoms with Gasteiger partial charge in [-0.05, 0) is 47.7 Å². The van der Waals surface area contributed by atoms with Crippen molar-refractivity contribution in [1.29, 1.82) is 0 Å². The highest BCUT2D eigenvalue weighted by atomic mass is 32.2.